The number of hydrogen-bond acceptors (Lipinski definition) is 0. The fraction of sp³-hybridized carbons (Fsp3) is 0.324. The first-order valence-electron chi connectivity index (χ1n) is 13.3. The van der Waals surface area contributed by atoms with E-state index >= 15 is 0 Å². The third-order valence-electron chi connectivity index (χ3n) is 9.34. The number of benzene rings is 3. The van der Waals surface area contributed by atoms with E-state index in [4.69, 9.17) is 0 Å². The summed E-state index contributed by atoms with van der Waals surface area (Å²) in [6.45, 7) is 8.61. The highest BCUT2D eigenvalue weighted by Crippen LogP contribution is 2.63. The highest BCUT2D eigenvalue weighted by Gasteiger charge is 2.57. The molecule has 0 unspecified atom stereocenters. The summed E-state index contributed by atoms with van der Waals surface area (Å²) in [4.78, 5) is 0. The quantitative estimate of drug-likeness (QED) is 0.265. The third-order valence-corrected chi connectivity index (χ3v) is 9.34. The fourth-order valence-corrected chi connectivity index (χ4v) is 7.04. The van der Waals surface area contributed by atoms with Crippen LogP contribution in [0.3, 0.4) is 0 Å². The summed E-state index contributed by atoms with van der Waals surface area (Å²) in [5, 5.41) is 0. The molecule has 3 saturated carbocycles. The molecule has 1 heteroatoms. The van der Waals surface area contributed by atoms with E-state index in [9.17, 15) is 0 Å². The van der Waals surface area contributed by atoms with Gasteiger partial charge < -0.3 is 0 Å². The van der Waals surface area contributed by atoms with Crippen molar-refractivity contribution in [2.24, 2.45) is 29.1 Å². The standard InChI is InChI=1S/C34H36N/c1-24-29(19-30-22-31(24)34(30,2)3)23-35-32(26-15-9-5-10-16-26)20-28(25-13-7-4-8-14-25)21-33(35)27-17-11-6-12-18-27/h4-18,20-21,24,29-31H,19,22-23H2,1-3H3/q+1/t24-,29+,30+,31-/m1/s1. The molecule has 0 saturated heterocycles. The molecule has 1 nitrogen and oxygen atoms in total. The number of fused-ring (bicyclic) bond motifs is 2. The highest BCUT2D eigenvalue weighted by atomic mass is 15.0. The monoisotopic (exact) mass is 458 g/mol. The van der Waals surface area contributed by atoms with E-state index in [0.717, 1.165) is 24.3 Å². The van der Waals surface area contributed by atoms with Crippen LogP contribution in [0.25, 0.3) is 33.6 Å². The molecule has 3 fully saturated rings. The van der Waals surface area contributed by atoms with Crippen molar-refractivity contribution in [3.63, 3.8) is 0 Å². The molecule has 4 atom stereocenters. The van der Waals surface area contributed by atoms with Crippen molar-refractivity contribution >= 4 is 0 Å². The van der Waals surface area contributed by atoms with Crippen molar-refractivity contribution in [2.45, 2.75) is 40.2 Å². The van der Waals surface area contributed by atoms with Gasteiger partial charge in [0.15, 0.2) is 6.54 Å². The molecular formula is C34H36N+. The summed E-state index contributed by atoms with van der Waals surface area (Å²) in [6.07, 6.45) is 2.78. The van der Waals surface area contributed by atoms with Crippen molar-refractivity contribution in [2.75, 3.05) is 0 Å². The average Bonchev–Trinajstić information content (AvgIpc) is 2.91. The zero-order valence-corrected chi connectivity index (χ0v) is 21.2. The Labute approximate surface area is 210 Å². The Balaban J connectivity index is 1.52. The van der Waals surface area contributed by atoms with E-state index in [1.54, 1.807) is 0 Å². The first-order chi connectivity index (χ1) is 17.0. The molecule has 2 bridgehead atoms. The largest absolute Gasteiger partial charge is 0.213 e. The number of pyridine rings is 1. The molecule has 176 valence electrons. The molecule has 0 N–H and O–H groups in total. The first kappa shape index (κ1) is 22.3. The van der Waals surface area contributed by atoms with Crippen LogP contribution in [0.15, 0.2) is 103 Å². The van der Waals surface area contributed by atoms with Crippen LogP contribution in [-0.2, 0) is 6.54 Å². The fourth-order valence-electron chi connectivity index (χ4n) is 7.04. The second-order valence-electron chi connectivity index (χ2n) is 11.4. The smallest absolute Gasteiger partial charge is 0.191 e. The van der Waals surface area contributed by atoms with Crippen LogP contribution < -0.4 is 4.57 Å². The lowest BCUT2D eigenvalue weighted by Crippen LogP contribution is -2.57. The topological polar surface area (TPSA) is 3.88 Å². The summed E-state index contributed by atoms with van der Waals surface area (Å²) in [6, 6.07) is 37.6. The summed E-state index contributed by atoms with van der Waals surface area (Å²) in [5.41, 5.74) is 8.27. The Kier molecular flexibility index (Phi) is 5.60. The van der Waals surface area contributed by atoms with Gasteiger partial charge in [0.2, 0.25) is 11.4 Å². The van der Waals surface area contributed by atoms with Gasteiger partial charge in [-0.3, -0.25) is 0 Å². The first-order valence-corrected chi connectivity index (χ1v) is 13.3. The van der Waals surface area contributed by atoms with Crippen LogP contribution in [0.1, 0.15) is 33.6 Å². The lowest BCUT2D eigenvalue weighted by atomic mass is 9.43. The summed E-state index contributed by atoms with van der Waals surface area (Å²) in [7, 11) is 0. The number of aromatic nitrogens is 1. The molecule has 1 aromatic heterocycles. The van der Waals surface area contributed by atoms with Crippen molar-refractivity contribution < 1.29 is 4.57 Å². The Bertz CT molecular complexity index is 1250. The molecule has 7 rings (SSSR count). The Morgan fingerprint density at radius 2 is 1.14 bits per heavy atom. The second kappa shape index (κ2) is 8.79. The van der Waals surface area contributed by atoms with E-state index in [2.05, 4.69) is 128 Å². The predicted octanol–water partition coefficient (Wildman–Crippen LogP) is 8.29. The summed E-state index contributed by atoms with van der Waals surface area (Å²) < 4.78 is 2.63. The zero-order valence-electron chi connectivity index (χ0n) is 21.2. The second-order valence-corrected chi connectivity index (χ2v) is 11.4. The van der Waals surface area contributed by atoms with E-state index in [0.29, 0.717) is 11.3 Å². The van der Waals surface area contributed by atoms with E-state index < -0.39 is 0 Å². The summed E-state index contributed by atoms with van der Waals surface area (Å²) in [5.74, 6) is 3.20. The van der Waals surface area contributed by atoms with Crippen LogP contribution in [0.2, 0.25) is 0 Å². The van der Waals surface area contributed by atoms with Crippen LogP contribution in [0.5, 0.6) is 0 Å². The molecule has 1 heterocycles. The van der Waals surface area contributed by atoms with Gasteiger partial charge in [-0.15, -0.1) is 0 Å². The van der Waals surface area contributed by atoms with Gasteiger partial charge in [-0.25, -0.2) is 0 Å². The third kappa shape index (κ3) is 3.92. The van der Waals surface area contributed by atoms with Gasteiger partial charge in [-0.1, -0.05) is 87.5 Å². The minimum atomic E-state index is 0.516. The maximum absolute atomic E-state index is 2.63. The van der Waals surface area contributed by atoms with Gasteiger partial charge >= 0.3 is 0 Å². The Morgan fingerprint density at radius 1 is 0.657 bits per heavy atom. The normalized spacial score (nSPS) is 24.5. The molecule has 0 spiro atoms. The molecule has 4 aromatic rings. The Hall–Kier alpha value is -3.19. The van der Waals surface area contributed by atoms with Crippen LogP contribution in [0, 0.1) is 29.1 Å². The lowest BCUT2D eigenvalue weighted by molar-refractivity contribution is -0.684. The van der Waals surface area contributed by atoms with Gasteiger partial charge in [0, 0.05) is 29.2 Å². The van der Waals surface area contributed by atoms with Gasteiger partial charge in [0.05, 0.1) is 0 Å². The molecule has 0 amide bonds. The number of rotatable bonds is 5. The zero-order chi connectivity index (χ0) is 24.0. The van der Waals surface area contributed by atoms with Gasteiger partial charge in [-0.05, 0) is 71.4 Å². The predicted molar refractivity (Wildman–Crippen MR) is 146 cm³/mol. The molecular weight excluding hydrogens is 422 g/mol. The van der Waals surface area contributed by atoms with Crippen molar-refractivity contribution in [1.82, 2.24) is 0 Å². The number of hydrogen-bond donors (Lipinski definition) is 0. The maximum Gasteiger partial charge on any atom is 0.213 e. The van der Waals surface area contributed by atoms with Crippen LogP contribution in [0.4, 0.5) is 0 Å². The molecule has 0 aliphatic heterocycles. The lowest BCUT2D eigenvalue weighted by Gasteiger charge is -2.61. The Morgan fingerprint density at radius 3 is 1.60 bits per heavy atom. The molecule has 3 aromatic carbocycles. The average molecular weight is 459 g/mol. The molecule has 0 radical (unpaired) electrons. The molecule has 3 aliphatic carbocycles. The molecule has 3 aliphatic rings. The van der Waals surface area contributed by atoms with E-state index in [-0.39, 0.29) is 0 Å². The minimum absolute atomic E-state index is 0.516. The van der Waals surface area contributed by atoms with E-state index in [1.807, 2.05) is 0 Å². The summed E-state index contributed by atoms with van der Waals surface area (Å²) >= 11 is 0. The van der Waals surface area contributed by atoms with Crippen molar-refractivity contribution in [3.05, 3.63) is 103 Å². The maximum atomic E-state index is 2.63. The van der Waals surface area contributed by atoms with Crippen molar-refractivity contribution in [3.8, 4) is 33.6 Å². The van der Waals surface area contributed by atoms with Crippen LogP contribution >= 0.6 is 0 Å². The van der Waals surface area contributed by atoms with Crippen molar-refractivity contribution in [1.29, 1.82) is 0 Å². The van der Waals surface area contributed by atoms with E-state index in [1.165, 1.54) is 46.5 Å². The van der Waals surface area contributed by atoms with Gasteiger partial charge in [-0.2, -0.15) is 4.57 Å². The van der Waals surface area contributed by atoms with Gasteiger partial charge in [0.1, 0.15) is 0 Å². The molecule has 35 heavy (non-hydrogen) atoms. The van der Waals surface area contributed by atoms with Gasteiger partial charge in [0.25, 0.3) is 0 Å². The number of nitrogens with zero attached hydrogens (tertiary/aromatic N) is 1. The van der Waals surface area contributed by atoms with Crippen LogP contribution in [-0.4, -0.2) is 0 Å². The highest BCUT2D eigenvalue weighted by molar-refractivity contribution is 5.73. The SMILES string of the molecule is C[C@@H]1[C@H](C[n+]2c(-c3ccccc3)cc(-c3ccccc3)cc2-c2ccccc2)C[C@H]2C[C@H]1C2(C)C. The minimum Gasteiger partial charge on any atom is -0.191 e.